The Balaban J connectivity index is 2.22. The molecule has 0 aromatic carbocycles. The van der Waals surface area contributed by atoms with Crippen molar-refractivity contribution in [3.8, 4) is 11.8 Å². The molecule has 132 valence electrons. The van der Waals surface area contributed by atoms with Gasteiger partial charge in [0.05, 0.1) is 19.3 Å². The summed E-state index contributed by atoms with van der Waals surface area (Å²) in [4.78, 5) is 17.5. The van der Waals surface area contributed by atoms with Crippen LogP contribution in [-0.2, 0) is 4.74 Å². The third-order valence-corrected chi connectivity index (χ3v) is 3.44. The van der Waals surface area contributed by atoms with Gasteiger partial charge in [0.2, 0.25) is 5.95 Å². The lowest BCUT2D eigenvalue weighted by molar-refractivity contribution is 0.207. The third-order valence-electron chi connectivity index (χ3n) is 3.44. The average molecular weight is 345 g/mol. The summed E-state index contributed by atoms with van der Waals surface area (Å²) in [5.74, 6) is 0.225. The Morgan fingerprint density at radius 2 is 2.16 bits per heavy atom. The average Bonchev–Trinajstić information content (AvgIpc) is 3.11. The fraction of sp³-hybridized carbons (Fsp3) is 0.333. The van der Waals surface area contributed by atoms with Crippen LogP contribution < -0.4 is 15.7 Å². The van der Waals surface area contributed by atoms with E-state index in [-0.39, 0.29) is 11.8 Å². The minimum Gasteiger partial charge on any atom is -0.494 e. The van der Waals surface area contributed by atoms with Gasteiger partial charge in [0, 0.05) is 38.1 Å². The van der Waals surface area contributed by atoms with Crippen molar-refractivity contribution in [1.29, 1.82) is 0 Å². The van der Waals surface area contributed by atoms with E-state index in [1.165, 1.54) is 10.6 Å². The first-order valence-corrected chi connectivity index (χ1v) is 7.55. The highest BCUT2D eigenvalue weighted by atomic mass is 16.5. The second kappa shape index (κ2) is 6.77. The van der Waals surface area contributed by atoms with Gasteiger partial charge >= 0.3 is 0 Å². The summed E-state index contributed by atoms with van der Waals surface area (Å²) in [6.45, 7) is 0.917. The molecule has 0 aliphatic rings. The highest BCUT2D eigenvalue weighted by Gasteiger charge is 2.09. The van der Waals surface area contributed by atoms with E-state index in [9.17, 15) is 10.2 Å². The number of nitrogens with zero attached hydrogens (tertiary/aromatic N) is 6. The van der Waals surface area contributed by atoms with Crippen molar-refractivity contribution in [2.75, 3.05) is 39.3 Å². The molecule has 10 heteroatoms. The number of methoxy groups -OCH3 is 1. The second-order valence-electron chi connectivity index (χ2n) is 5.53. The highest BCUT2D eigenvalue weighted by Crippen LogP contribution is 2.21. The molecule has 0 saturated carbocycles. The Hall–Kier alpha value is -3.14. The Morgan fingerprint density at radius 1 is 1.36 bits per heavy atom. The number of anilines is 1. The fourth-order valence-corrected chi connectivity index (χ4v) is 2.23. The molecule has 0 saturated heterocycles. The summed E-state index contributed by atoms with van der Waals surface area (Å²) >= 11 is 0. The molecule has 3 N–H and O–H groups in total. The summed E-state index contributed by atoms with van der Waals surface area (Å²) in [6, 6.07) is 1.41. The third kappa shape index (κ3) is 3.38. The molecule has 0 atom stereocenters. The number of rotatable bonds is 5. The number of H-pyrrole nitrogens is 1. The summed E-state index contributed by atoms with van der Waals surface area (Å²) in [7, 11) is 5.27. The molecule has 0 spiro atoms. The van der Waals surface area contributed by atoms with E-state index < -0.39 is 0 Å². The van der Waals surface area contributed by atoms with Crippen molar-refractivity contribution in [2.24, 2.45) is 4.99 Å². The SMILES string of the molecule is COCCN=c1nc(N(C)C)nc2c(=Cc3cc(O)[nH]c3O)cnn12. The van der Waals surface area contributed by atoms with Crippen molar-refractivity contribution in [3.05, 3.63) is 28.7 Å². The monoisotopic (exact) mass is 345 g/mol. The first-order valence-electron chi connectivity index (χ1n) is 7.55. The number of aromatic hydroxyl groups is 2. The normalized spacial score (nSPS) is 13.1. The molecule has 3 aromatic rings. The van der Waals surface area contributed by atoms with Crippen LogP contribution in [0.15, 0.2) is 17.3 Å². The zero-order chi connectivity index (χ0) is 18.0. The summed E-state index contributed by atoms with van der Waals surface area (Å²) in [5, 5.41) is 24.2. The fourth-order valence-electron chi connectivity index (χ4n) is 2.23. The Bertz CT molecular complexity index is 1010. The topological polar surface area (TPSA) is 124 Å². The number of nitrogens with one attached hydrogen (secondary N) is 1. The molecule has 0 fully saturated rings. The van der Waals surface area contributed by atoms with Gasteiger partial charge in [-0.3, -0.25) is 4.98 Å². The largest absolute Gasteiger partial charge is 0.494 e. The lowest BCUT2D eigenvalue weighted by Gasteiger charge is -2.09. The maximum atomic E-state index is 9.80. The minimum absolute atomic E-state index is 0.126. The number of hydrogen-bond donors (Lipinski definition) is 3. The van der Waals surface area contributed by atoms with E-state index in [1.807, 2.05) is 14.1 Å². The molecular formula is C15H19N7O3. The summed E-state index contributed by atoms with van der Waals surface area (Å²) < 4.78 is 6.54. The molecule has 0 radical (unpaired) electrons. The van der Waals surface area contributed by atoms with Crippen LogP contribution in [-0.4, -0.2) is 69.1 Å². The van der Waals surface area contributed by atoms with Crippen LogP contribution in [0.3, 0.4) is 0 Å². The van der Waals surface area contributed by atoms with Crippen molar-refractivity contribution in [3.63, 3.8) is 0 Å². The maximum Gasteiger partial charge on any atom is 0.251 e. The predicted molar refractivity (Wildman–Crippen MR) is 90.3 cm³/mol. The maximum absolute atomic E-state index is 9.80. The Labute approximate surface area is 142 Å². The molecule has 0 aliphatic carbocycles. The number of ether oxygens (including phenoxy) is 1. The van der Waals surface area contributed by atoms with E-state index in [4.69, 9.17) is 4.74 Å². The molecule has 0 amide bonds. The highest BCUT2D eigenvalue weighted by molar-refractivity contribution is 5.61. The minimum atomic E-state index is -0.135. The van der Waals surface area contributed by atoms with Crippen molar-refractivity contribution >= 4 is 17.7 Å². The van der Waals surface area contributed by atoms with Gasteiger partial charge in [0.15, 0.2) is 17.4 Å². The smallest absolute Gasteiger partial charge is 0.251 e. The zero-order valence-corrected chi connectivity index (χ0v) is 14.1. The molecule has 0 bridgehead atoms. The Kier molecular flexibility index (Phi) is 4.52. The van der Waals surface area contributed by atoms with Gasteiger partial charge in [0.25, 0.3) is 5.62 Å². The van der Waals surface area contributed by atoms with Crippen molar-refractivity contribution in [2.45, 2.75) is 0 Å². The standard InChI is InChI=1S/C15H19N7O3/c1-21(2)15-19-12-10(6-9-7-11(23)18-13(9)24)8-17-22(12)14(20-15)16-4-5-25-3/h6-8,18,23-24H,4-5H2,1-3H3. The lowest BCUT2D eigenvalue weighted by atomic mass is 10.2. The number of aromatic nitrogens is 5. The van der Waals surface area contributed by atoms with Crippen molar-refractivity contribution < 1.29 is 14.9 Å². The van der Waals surface area contributed by atoms with E-state index in [2.05, 4.69) is 25.0 Å². The number of aromatic amines is 1. The lowest BCUT2D eigenvalue weighted by Crippen LogP contribution is -2.27. The van der Waals surface area contributed by atoms with Gasteiger partial charge in [0.1, 0.15) is 0 Å². The van der Waals surface area contributed by atoms with Gasteiger partial charge in [-0.15, -0.1) is 0 Å². The van der Waals surface area contributed by atoms with Gasteiger partial charge < -0.3 is 19.8 Å². The van der Waals surface area contributed by atoms with E-state index in [0.717, 1.165) is 0 Å². The Morgan fingerprint density at radius 3 is 2.80 bits per heavy atom. The van der Waals surface area contributed by atoms with Crippen molar-refractivity contribution in [1.82, 2.24) is 24.6 Å². The first-order chi connectivity index (χ1) is 12.0. The second-order valence-corrected chi connectivity index (χ2v) is 5.53. The number of fused-ring (bicyclic) bond motifs is 1. The van der Waals surface area contributed by atoms with Crippen LogP contribution >= 0.6 is 0 Å². The molecule has 0 unspecified atom stereocenters. The van der Waals surface area contributed by atoms with Gasteiger partial charge in [-0.05, 0) is 6.08 Å². The van der Waals surface area contributed by atoms with E-state index in [1.54, 1.807) is 24.3 Å². The number of hydrogen-bond acceptors (Lipinski definition) is 8. The van der Waals surface area contributed by atoms with Crippen LogP contribution in [0.2, 0.25) is 0 Å². The first kappa shape index (κ1) is 16.7. The molecule has 3 rings (SSSR count). The van der Waals surface area contributed by atoms with E-state index in [0.29, 0.717) is 41.1 Å². The summed E-state index contributed by atoms with van der Waals surface area (Å²) in [5.41, 5.74) is 1.37. The molecule has 0 aliphatic heterocycles. The molecule has 3 aromatic heterocycles. The van der Waals surface area contributed by atoms with Crippen LogP contribution in [0.25, 0.3) is 11.7 Å². The van der Waals surface area contributed by atoms with Gasteiger partial charge in [-0.2, -0.15) is 19.6 Å². The van der Waals surface area contributed by atoms with Gasteiger partial charge in [-0.25, -0.2) is 4.99 Å². The predicted octanol–water partition coefficient (Wildman–Crippen LogP) is -0.976. The molecule has 10 nitrogen and oxygen atoms in total. The van der Waals surface area contributed by atoms with Crippen LogP contribution in [0.5, 0.6) is 11.8 Å². The quantitative estimate of drug-likeness (QED) is 0.508. The van der Waals surface area contributed by atoms with Gasteiger partial charge in [-0.1, -0.05) is 0 Å². The van der Waals surface area contributed by atoms with Crippen LogP contribution in [0.4, 0.5) is 5.95 Å². The molecule has 25 heavy (non-hydrogen) atoms. The summed E-state index contributed by atoms with van der Waals surface area (Å²) in [6.07, 6.45) is 3.27. The zero-order valence-electron chi connectivity index (χ0n) is 14.1. The van der Waals surface area contributed by atoms with Crippen LogP contribution in [0, 0.1) is 0 Å². The molecule has 3 heterocycles. The molecular weight excluding hydrogens is 326 g/mol. The van der Waals surface area contributed by atoms with E-state index >= 15 is 0 Å². The van der Waals surface area contributed by atoms with Crippen LogP contribution in [0.1, 0.15) is 5.56 Å².